The number of hydrogen-bond acceptors (Lipinski definition) is 4. The van der Waals surface area contributed by atoms with E-state index in [-0.39, 0.29) is 16.0 Å². The molecule has 0 bridgehead atoms. The maximum absolute atomic E-state index is 12.0. The maximum atomic E-state index is 12.0. The maximum Gasteiger partial charge on any atom is 0.287 e. The van der Waals surface area contributed by atoms with Gasteiger partial charge in [-0.15, -0.1) is 6.58 Å². The summed E-state index contributed by atoms with van der Waals surface area (Å²) in [5, 5.41) is 7.44. The number of rotatable bonds is 7. The van der Waals surface area contributed by atoms with E-state index in [0.717, 1.165) is 6.54 Å². The van der Waals surface area contributed by atoms with Gasteiger partial charge in [-0.05, 0) is 19.5 Å². The lowest BCUT2D eigenvalue weighted by atomic mass is 9.93. The molecule has 0 spiro atoms. The molecule has 0 aromatic carbocycles. The van der Waals surface area contributed by atoms with Crippen LogP contribution in [-0.2, 0) is 6.54 Å². The highest BCUT2D eigenvalue weighted by atomic mass is 35.5. The molecule has 0 aliphatic rings. The van der Waals surface area contributed by atoms with Gasteiger partial charge in [0.05, 0.1) is 18.4 Å². The van der Waals surface area contributed by atoms with Crippen LogP contribution in [-0.4, -0.2) is 41.9 Å². The van der Waals surface area contributed by atoms with Gasteiger partial charge < -0.3 is 10.2 Å². The highest BCUT2D eigenvalue weighted by molar-refractivity contribution is 6.32. The minimum Gasteiger partial charge on any atom is -0.382 e. The van der Waals surface area contributed by atoms with E-state index in [1.807, 2.05) is 14.1 Å². The summed E-state index contributed by atoms with van der Waals surface area (Å²) in [5.41, 5.74) is 0.328. The van der Waals surface area contributed by atoms with E-state index in [4.69, 9.17) is 11.6 Å². The first-order chi connectivity index (χ1) is 9.26. The predicted octanol–water partition coefficient (Wildman–Crippen LogP) is 2.08. The Kier molecular flexibility index (Phi) is 5.77. The van der Waals surface area contributed by atoms with Crippen molar-refractivity contribution in [3.05, 3.63) is 34.2 Å². The molecule has 0 atom stereocenters. The van der Waals surface area contributed by atoms with Crippen LogP contribution in [0.2, 0.25) is 5.02 Å². The molecule has 0 aliphatic carbocycles. The Labute approximate surface area is 125 Å². The zero-order valence-corrected chi connectivity index (χ0v) is 13.4. The van der Waals surface area contributed by atoms with Crippen molar-refractivity contribution >= 4 is 17.3 Å². The summed E-state index contributed by atoms with van der Waals surface area (Å²) in [5.74, 6) is 0. The largest absolute Gasteiger partial charge is 0.382 e. The second-order valence-corrected chi connectivity index (χ2v) is 6.28. The van der Waals surface area contributed by atoms with Gasteiger partial charge in [-0.25, -0.2) is 4.68 Å². The average molecular weight is 299 g/mol. The third kappa shape index (κ3) is 4.65. The summed E-state index contributed by atoms with van der Waals surface area (Å²) in [4.78, 5) is 14.1. The first-order valence-corrected chi connectivity index (χ1v) is 6.90. The van der Waals surface area contributed by atoms with Gasteiger partial charge in [-0.1, -0.05) is 31.5 Å². The number of hydrogen-bond donors (Lipinski definition) is 1. The topological polar surface area (TPSA) is 50.2 Å². The van der Waals surface area contributed by atoms with E-state index < -0.39 is 0 Å². The fraction of sp³-hybridized carbons (Fsp3) is 0.571. The molecule has 20 heavy (non-hydrogen) atoms. The Morgan fingerprint density at radius 1 is 1.55 bits per heavy atom. The van der Waals surface area contributed by atoms with Crippen LogP contribution in [0.25, 0.3) is 0 Å². The minimum atomic E-state index is -0.304. The number of halogens is 1. The van der Waals surface area contributed by atoms with Gasteiger partial charge in [-0.3, -0.25) is 4.79 Å². The molecule has 0 unspecified atom stereocenters. The molecule has 1 aromatic rings. The van der Waals surface area contributed by atoms with Crippen LogP contribution in [0.5, 0.6) is 0 Å². The standard InChI is InChI=1S/C14H23ClN4O/c1-6-7-19-13(20)12(15)11(8-17-19)16-9-14(2,3)10-18(4)5/h6,8,16H,1,7,9-10H2,2-5H3. The first kappa shape index (κ1) is 16.7. The van der Waals surface area contributed by atoms with E-state index in [0.29, 0.717) is 18.8 Å². The molecule has 1 N–H and O–H groups in total. The lowest BCUT2D eigenvalue weighted by Gasteiger charge is -2.29. The van der Waals surface area contributed by atoms with E-state index >= 15 is 0 Å². The van der Waals surface area contributed by atoms with Gasteiger partial charge in [0.2, 0.25) is 0 Å². The van der Waals surface area contributed by atoms with E-state index in [1.165, 1.54) is 4.68 Å². The van der Waals surface area contributed by atoms with Crippen molar-refractivity contribution in [2.24, 2.45) is 5.41 Å². The summed E-state index contributed by atoms with van der Waals surface area (Å²) >= 11 is 6.09. The molecular weight excluding hydrogens is 276 g/mol. The summed E-state index contributed by atoms with van der Waals surface area (Å²) in [6, 6.07) is 0. The zero-order valence-electron chi connectivity index (χ0n) is 12.6. The molecule has 0 saturated heterocycles. The fourth-order valence-corrected chi connectivity index (χ4v) is 2.30. The molecule has 112 valence electrons. The second kappa shape index (κ2) is 6.90. The van der Waals surface area contributed by atoms with Crippen molar-refractivity contribution in [3.63, 3.8) is 0 Å². The minimum absolute atomic E-state index is 0.0583. The second-order valence-electron chi connectivity index (χ2n) is 5.90. The van der Waals surface area contributed by atoms with Crippen LogP contribution in [0.1, 0.15) is 13.8 Å². The van der Waals surface area contributed by atoms with Gasteiger partial charge in [0.15, 0.2) is 0 Å². The van der Waals surface area contributed by atoms with Crippen LogP contribution in [0.4, 0.5) is 5.69 Å². The van der Waals surface area contributed by atoms with Crippen molar-refractivity contribution < 1.29 is 0 Å². The highest BCUT2D eigenvalue weighted by Gasteiger charge is 2.19. The summed E-state index contributed by atoms with van der Waals surface area (Å²) in [6.45, 7) is 9.88. The number of nitrogens with one attached hydrogen (secondary N) is 1. The number of aromatic nitrogens is 2. The van der Waals surface area contributed by atoms with E-state index in [2.05, 4.69) is 35.7 Å². The fourth-order valence-electron chi connectivity index (χ4n) is 2.09. The normalized spacial score (nSPS) is 11.7. The van der Waals surface area contributed by atoms with Crippen molar-refractivity contribution in [1.29, 1.82) is 0 Å². The Morgan fingerprint density at radius 3 is 2.75 bits per heavy atom. The Morgan fingerprint density at radius 2 is 2.20 bits per heavy atom. The molecule has 6 heteroatoms. The summed E-state index contributed by atoms with van der Waals surface area (Å²) in [6.07, 6.45) is 3.19. The van der Waals surface area contributed by atoms with Crippen LogP contribution in [0, 0.1) is 5.41 Å². The van der Waals surface area contributed by atoms with Gasteiger partial charge in [0, 0.05) is 13.1 Å². The molecule has 1 heterocycles. The SMILES string of the molecule is C=CCn1ncc(NCC(C)(C)CN(C)C)c(Cl)c1=O. The van der Waals surface area contributed by atoms with Crippen LogP contribution in [0.15, 0.2) is 23.6 Å². The van der Waals surface area contributed by atoms with Gasteiger partial charge in [-0.2, -0.15) is 5.10 Å². The van der Waals surface area contributed by atoms with Gasteiger partial charge in [0.25, 0.3) is 5.56 Å². The molecule has 0 saturated carbocycles. The summed E-state index contributed by atoms with van der Waals surface area (Å²) in [7, 11) is 4.07. The smallest absolute Gasteiger partial charge is 0.287 e. The highest BCUT2D eigenvalue weighted by Crippen LogP contribution is 2.20. The molecule has 0 amide bonds. The monoisotopic (exact) mass is 298 g/mol. The van der Waals surface area contributed by atoms with Crippen molar-refractivity contribution in [2.75, 3.05) is 32.5 Å². The summed E-state index contributed by atoms with van der Waals surface area (Å²) < 4.78 is 1.28. The Balaban J connectivity index is 2.82. The number of nitrogens with zero attached hydrogens (tertiary/aromatic N) is 3. The van der Waals surface area contributed by atoms with E-state index in [1.54, 1.807) is 12.3 Å². The Bertz CT molecular complexity index is 522. The van der Waals surface area contributed by atoms with Crippen LogP contribution < -0.4 is 10.9 Å². The van der Waals surface area contributed by atoms with Gasteiger partial charge >= 0.3 is 0 Å². The molecule has 0 radical (unpaired) electrons. The lowest BCUT2D eigenvalue weighted by molar-refractivity contribution is 0.254. The van der Waals surface area contributed by atoms with Crippen LogP contribution in [0.3, 0.4) is 0 Å². The number of anilines is 1. The molecule has 5 nitrogen and oxygen atoms in total. The molecular formula is C14H23ClN4O. The lowest BCUT2D eigenvalue weighted by Crippen LogP contribution is -2.35. The van der Waals surface area contributed by atoms with Crippen molar-refractivity contribution in [2.45, 2.75) is 20.4 Å². The molecule has 1 aromatic heterocycles. The number of allylic oxidation sites excluding steroid dienone is 1. The molecule has 1 rings (SSSR count). The molecule has 0 fully saturated rings. The third-order valence-corrected chi connectivity index (χ3v) is 3.15. The first-order valence-electron chi connectivity index (χ1n) is 6.52. The van der Waals surface area contributed by atoms with E-state index in [9.17, 15) is 4.79 Å². The average Bonchev–Trinajstić information content (AvgIpc) is 2.33. The third-order valence-electron chi connectivity index (χ3n) is 2.79. The Hall–Kier alpha value is -1.33. The van der Waals surface area contributed by atoms with Crippen LogP contribution >= 0.6 is 11.6 Å². The van der Waals surface area contributed by atoms with Crippen molar-refractivity contribution in [3.8, 4) is 0 Å². The van der Waals surface area contributed by atoms with Gasteiger partial charge in [0.1, 0.15) is 5.02 Å². The van der Waals surface area contributed by atoms with Crippen molar-refractivity contribution in [1.82, 2.24) is 14.7 Å². The molecule has 0 aliphatic heterocycles. The predicted molar refractivity (Wildman–Crippen MR) is 84.5 cm³/mol. The quantitative estimate of drug-likeness (QED) is 0.783. The zero-order chi connectivity index (χ0) is 15.3.